The predicted molar refractivity (Wildman–Crippen MR) is 2.06 cm³/mol. The molecule has 0 radical (unpaired) electrons. The topological polar surface area (TPSA) is 97.3 Å². The van der Waals surface area contributed by atoms with Gasteiger partial charge in [-0.2, -0.15) is 0 Å². The van der Waals surface area contributed by atoms with Gasteiger partial charge in [-0.25, -0.2) is 0 Å². The van der Waals surface area contributed by atoms with Crippen molar-refractivity contribution in [3.63, 3.8) is 0 Å². The van der Waals surface area contributed by atoms with Gasteiger partial charge in [-0.1, -0.05) is 0 Å². The van der Waals surface area contributed by atoms with E-state index in [1.807, 2.05) is 0 Å². The predicted octanol–water partition coefficient (Wildman–Crippen LogP) is -2.74. The van der Waals surface area contributed by atoms with E-state index >= 15 is 0 Å². The van der Waals surface area contributed by atoms with Crippen LogP contribution in [0.3, 0.4) is 0 Å². The molecule has 0 aromatic rings. The van der Waals surface area contributed by atoms with Gasteiger partial charge in [0.25, 0.3) is 0 Å². The molecule has 0 rings (SSSR count). The molecular formula is MnO5-2. The first-order valence-corrected chi connectivity index (χ1v) is 3.18. The van der Waals surface area contributed by atoms with Crippen molar-refractivity contribution < 1.29 is 32.1 Å². The minimum atomic E-state index is -7.51. The summed E-state index contributed by atoms with van der Waals surface area (Å²) < 4.78 is 43.1. The third-order valence-corrected chi connectivity index (χ3v) is 0. The van der Waals surface area contributed by atoms with E-state index in [4.69, 9.17) is 19.9 Å². The average molecular weight is 135 g/mol. The summed E-state index contributed by atoms with van der Waals surface area (Å²) in [6.07, 6.45) is 0. The van der Waals surface area contributed by atoms with Gasteiger partial charge in [0, 0.05) is 0 Å². The van der Waals surface area contributed by atoms with Crippen molar-refractivity contribution in [2.45, 2.75) is 0 Å². The summed E-state index contributed by atoms with van der Waals surface area (Å²) in [5.41, 5.74) is 0. The third-order valence-electron chi connectivity index (χ3n) is 0. The Bertz CT molecular complexity index is 182. The fraction of sp³-hybridized carbons (Fsp3) is 0. The Kier molecular flexibility index (Phi) is 0.717. The Labute approximate surface area is 33.0 Å². The maximum atomic E-state index is 8.61. The molecular weight excluding hydrogens is 135 g/mol. The molecule has 0 bridgehead atoms. The summed E-state index contributed by atoms with van der Waals surface area (Å²) in [6, 6.07) is 0. The molecule has 0 aliphatic heterocycles. The van der Waals surface area contributed by atoms with Gasteiger partial charge in [0.2, 0.25) is 0 Å². The molecule has 0 unspecified atom stereocenters. The van der Waals surface area contributed by atoms with E-state index in [2.05, 4.69) is 0 Å². The molecule has 39 valence electrons. The quantitative estimate of drug-likeness (QED) is 0.335. The van der Waals surface area contributed by atoms with Crippen molar-refractivity contribution in [2.24, 2.45) is 0 Å². The molecule has 0 fully saturated rings. The van der Waals surface area contributed by atoms with E-state index in [9.17, 15) is 0 Å². The van der Waals surface area contributed by atoms with Crippen LogP contribution in [0.5, 0.6) is 0 Å². The zero-order chi connectivity index (χ0) is 5.45. The Morgan fingerprint density at radius 2 is 1.00 bits per heavy atom. The van der Waals surface area contributed by atoms with Gasteiger partial charge in [-0.3, -0.25) is 0 Å². The first kappa shape index (κ1) is 5.84. The normalized spacial score (nSPS) is 18.7. The number of hydrogen-bond acceptors (Lipinski definition) is 5. The Morgan fingerprint density at radius 1 is 1.00 bits per heavy atom. The number of hydrogen-bond donors (Lipinski definition) is 0. The van der Waals surface area contributed by atoms with Crippen molar-refractivity contribution in [3.8, 4) is 0 Å². The Morgan fingerprint density at radius 3 is 1.00 bits per heavy atom. The van der Waals surface area contributed by atoms with E-state index in [-0.39, 0.29) is 0 Å². The fourth-order valence-corrected chi connectivity index (χ4v) is 0. The van der Waals surface area contributed by atoms with Crippen LogP contribution >= 0.6 is 0 Å². The first-order valence-electron chi connectivity index (χ1n) is 0.772. The van der Waals surface area contributed by atoms with Crippen molar-refractivity contribution in [2.75, 3.05) is 0 Å². The second kappa shape index (κ2) is 0.737. The average Bonchev–Trinajstić information content (AvgIpc) is 0.650. The molecule has 0 atom stereocenters. The van der Waals surface area contributed by atoms with Crippen LogP contribution in [0, 0.1) is 0 Å². The van der Waals surface area contributed by atoms with E-state index in [1.54, 1.807) is 0 Å². The van der Waals surface area contributed by atoms with Crippen molar-refractivity contribution in [1.29, 1.82) is 0 Å². The second-order valence-corrected chi connectivity index (χ2v) is 2.60. The molecule has 5 nitrogen and oxygen atoms in total. The molecule has 0 saturated heterocycles. The third kappa shape index (κ3) is 1200. The van der Waals surface area contributed by atoms with Crippen LogP contribution in [0.25, 0.3) is 0 Å². The monoisotopic (exact) mass is 135 g/mol. The van der Waals surface area contributed by atoms with Gasteiger partial charge in [0.05, 0.1) is 0 Å². The molecule has 0 aromatic heterocycles. The summed E-state index contributed by atoms with van der Waals surface area (Å²) in [5.74, 6) is 0. The molecule has 6 heavy (non-hydrogen) atoms. The molecule has 0 aromatic carbocycles. The van der Waals surface area contributed by atoms with Crippen LogP contribution in [0.15, 0.2) is 0 Å². The summed E-state index contributed by atoms with van der Waals surface area (Å²) in [6.45, 7) is 0. The number of rotatable bonds is 0. The molecule has 0 heterocycles. The van der Waals surface area contributed by atoms with Gasteiger partial charge < -0.3 is 0 Å². The zero-order valence-electron chi connectivity index (χ0n) is 2.42. The minimum absolute atomic E-state index is 7.51. The van der Waals surface area contributed by atoms with Gasteiger partial charge >= 0.3 is 32.1 Å². The summed E-state index contributed by atoms with van der Waals surface area (Å²) in [4.78, 5) is 0. The molecule has 0 N–H and O–H groups in total. The van der Waals surface area contributed by atoms with Crippen LogP contribution in [-0.2, 0) is 23.7 Å². The van der Waals surface area contributed by atoms with E-state index in [1.165, 1.54) is 0 Å². The van der Waals surface area contributed by atoms with E-state index in [0.29, 0.717) is 0 Å². The van der Waals surface area contributed by atoms with Crippen molar-refractivity contribution in [1.82, 2.24) is 0 Å². The molecule has 0 saturated carbocycles. The molecule has 0 amide bonds. The van der Waals surface area contributed by atoms with Crippen LogP contribution in [0.1, 0.15) is 0 Å². The van der Waals surface area contributed by atoms with Gasteiger partial charge in [0.15, 0.2) is 0 Å². The summed E-state index contributed by atoms with van der Waals surface area (Å²) >= 11 is -7.51. The van der Waals surface area contributed by atoms with Crippen LogP contribution in [0.2, 0.25) is 0 Å². The summed E-state index contributed by atoms with van der Waals surface area (Å²) in [7, 11) is 0. The SMILES string of the molecule is [O]=[Mn](=[O])(=[O])([O-])[O-]. The molecule has 0 spiro atoms. The first-order chi connectivity index (χ1) is 2.24. The van der Waals surface area contributed by atoms with Gasteiger partial charge in [0.1, 0.15) is 0 Å². The van der Waals surface area contributed by atoms with Crippen molar-refractivity contribution >= 4 is 0 Å². The van der Waals surface area contributed by atoms with Crippen LogP contribution in [0.4, 0.5) is 0 Å². The van der Waals surface area contributed by atoms with Crippen LogP contribution in [-0.4, -0.2) is 0 Å². The summed E-state index contributed by atoms with van der Waals surface area (Å²) in [5, 5.41) is 0. The standard InChI is InChI=1S/Mn.5O/q;;;;2*-1. The van der Waals surface area contributed by atoms with E-state index < -0.39 is 12.2 Å². The second-order valence-electron chi connectivity index (χ2n) is 0.630. The van der Waals surface area contributed by atoms with E-state index in [0.717, 1.165) is 0 Å². The van der Waals surface area contributed by atoms with Gasteiger partial charge in [-0.05, 0) is 0 Å². The Balaban J connectivity index is 5.37. The molecule has 0 aliphatic carbocycles. The molecule has 0 aliphatic rings. The van der Waals surface area contributed by atoms with Crippen molar-refractivity contribution in [3.05, 3.63) is 0 Å². The maximum absolute atomic E-state index is 8.61. The molecule has 6 heteroatoms. The zero-order valence-corrected chi connectivity index (χ0v) is 3.60. The van der Waals surface area contributed by atoms with Gasteiger partial charge in [-0.15, -0.1) is 0 Å². The fourth-order valence-electron chi connectivity index (χ4n) is 0. The Hall–Kier alpha value is -0.161. The van der Waals surface area contributed by atoms with Crippen LogP contribution < -0.4 is 8.38 Å².